The molecule has 34 heavy (non-hydrogen) atoms. The van der Waals surface area contributed by atoms with Gasteiger partial charge in [-0.15, -0.1) is 0 Å². The highest BCUT2D eigenvalue weighted by molar-refractivity contribution is 6.33. The van der Waals surface area contributed by atoms with E-state index in [4.69, 9.17) is 26.9 Å². The highest BCUT2D eigenvalue weighted by Gasteiger charge is 2.24. The van der Waals surface area contributed by atoms with E-state index in [1.165, 1.54) is 12.8 Å². The van der Waals surface area contributed by atoms with Gasteiger partial charge in [0.25, 0.3) is 0 Å². The zero-order valence-electron chi connectivity index (χ0n) is 19.3. The Balaban J connectivity index is 0.000000310. The molecular formula is C25H33ClN2O6. The molecule has 0 bridgehead atoms. The lowest BCUT2D eigenvalue weighted by Gasteiger charge is -2.18. The third-order valence-electron chi connectivity index (χ3n) is 5.49. The molecule has 1 saturated heterocycles. The summed E-state index contributed by atoms with van der Waals surface area (Å²) in [6, 6.07) is 1.00. The molecule has 0 radical (unpaired) electrons. The van der Waals surface area contributed by atoms with Gasteiger partial charge in [0, 0.05) is 31.3 Å². The van der Waals surface area contributed by atoms with Crippen LogP contribution in [-0.4, -0.2) is 64.1 Å². The molecule has 0 unspecified atom stereocenters. The number of carbonyl (C=O) groups is 2. The second kappa shape index (κ2) is 14.4. The smallest absolute Gasteiger partial charge is 0.342 e. The fourth-order valence-corrected chi connectivity index (χ4v) is 3.91. The van der Waals surface area contributed by atoms with Crippen LogP contribution in [0.3, 0.4) is 0 Å². The molecule has 0 aliphatic carbocycles. The van der Waals surface area contributed by atoms with Crippen LogP contribution in [0.4, 0.5) is 0 Å². The van der Waals surface area contributed by atoms with Crippen LogP contribution < -0.4 is 0 Å². The van der Waals surface area contributed by atoms with E-state index in [-0.39, 0.29) is 53.2 Å². The van der Waals surface area contributed by atoms with Gasteiger partial charge in [0.2, 0.25) is 5.91 Å². The van der Waals surface area contributed by atoms with Gasteiger partial charge in [-0.2, -0.15) is 0 Å². The monoisotopic (exact) mass is 492 g/mol. The first-order valence-electron chi connectivity index (χ1n) is 11.5. The topological polar surface area (TPSA) is 131 Å². The molecule has 0 saturated carbocycles. The van der Waals surface area contributed by atoms with Crippen LogP contribution in [-0.2, 0) is 16.0 Å². The van der Waals surface area contributed by atoms with Crippen molar-refractivity contribution in [3.05, 3.63) is 46.5 Å². The third-order valence-corrected chi connectivity index (χ3v) is 5.91. The number of aromatic hydroxyl groups is 2. The molecule has 9 heteroatoms. The van der Waals surface area contributed by atoms with E-state index >= 15 is 0 Å². The number of benzene rings is 1. The summed E-state index contributed by atoms with van der Waals surface area (Å²) in [7, 11) is 0. The summed E-state index contributed by atoms with van der Waals surface area (Å²) >= 11 is 6.06. The number of fused-ring (bicyclic) bond motifs is 1. The lowest BCUT2D eigenvalue weighted by Crippen LogP contribution is -2.33. The molecule has 1 aromatic rings. The number of nitrogens with zero attached hydrogens (tertiary/aromatic N) is 1. The van der Waals surface area contributed by atoms with Crippen molar-refractivity contribution in [1.82, 2.24) is 4.90 Å². The van der Waals surface area contributed by atoms with Gasteiger partial charge < -0.3 is 30.4 Å². The number of halogens is 1. The molecule has 8 nitrogen and oxygen atoms in total. The van der Waals surface area contributed by atoms with Crippen molar-refractivity contribution in [2.75, 3.05) is 26.3 Å². The lowest BCUT2D eigenvalue weighted by molar-refractivity contribution is -0.134. The number of ether oxygens (including phenoxy) is 1. The number of nitrogens with one attached hydrogen (secondary N) is 1. The maximum Gasteiger partial charge on any atom is 0.342 e. The average Bonchev–Trinajstić information content (AvgIpc) is 3.10. The maximum atomic E-state index is 12.2. The van der Waals surface area contributed by atoms with E-state index in [0.29, 0.717) is 6.42 Å². The van der Waals surface area contributed by atoms with Gasteiger partial charge in [-0.05, 0) is 43.7 Å². The Kier molecular flexibility index (Phi) is 11.6. The number of likely N-dealkylation sites (tertiary alicyclic amines) is 1. The standard InChI is InChI=1S/C17H18ClNO4.C8H15NO2/c18-16-12-9-11(19)7-5-3-1-2-4-6-8-23-17(22)15(12)13(20)10-14(16)21;10-7-8(11)9-5-3-1-2-4-6-9/h2,4-5,7,10,19-21H,1,3,6,8-9H2;10H,1-7H2/b4-2+,7-5+,19-11?;. The van der Waals surface area contributed by atoms with Gasteiger partial charge in [-0.3, -0.25) is 4.79 Å². The molecule has 0 aromatic heterocycles. The largest absolute Gasteiger partial charge is 0.507 e. The highest BCUT2D eigenvalue weighted by atomic mass is 35.5. The van der Waals surface area contributed by atoms with Crippen molar-refractivity contribution in [1.29, 1.82) is 5.41 Å². The molecule has 0 atom stereocenters. The van der Waals surface area contributed by atoms with Gasteiger partial charge in [-0.1, -0.05) is 42.7 Å². The molecule has 1 amide bonds. The van der Waals surface area contributed by atoms with E-state index in [0.717, 1.165) is 44.8 Å². The number of esters is 1. The summed E-state index contributed by atoms with van der Waals surface area (Å²) in [5.74, 6) is -1.59. The summed E-state index contributed by atoms with van der Waals surface area (Å²) < 4.78 is 5.15. The molecule has 1 fully saturated rings. The molecule has 2 aliphatic heterocycles. The number of carbonyl (C=O) groups excluding carboxylic acids is 2. The van der Waals surface area contributed by atoms with Crippen LogP contribution in [0.2, 0.25) is 5.02 Å². The van der Waals surface area contributed by atoms with Crippen LogP contribution in [0.25, 0.3) is 0 Å². The number of hydrogen-bond acceptors (Lipinski definition) is 7. The van der Waals surface area contributed by atoms with E-state index in [1.54, 1.807) is 11.0 Å². The van der Waals surface area contributed by atoms with Crippen molar-refractivity contribution in [3.63, 3.8) is 0 Å². The summed E-state index contributed by atoms with van der Waals surface area (Å²) in [5, 5.41) is 36.3. The number of rotatable bonds is 1. The van der Waals surface area contributed by atoms with Gasteiger partial charge in [0.15, 0.2) is 0 Å². The molecule has 0 spiro atoms. The van der Waals surface area contributed by atoms with Crippen LogP contribution in [0.15, 0.2) is 30.4 Å². The van der Waals surface area contributed by atoms with Crippen LogP contribution in [0.1, 0.15) is 60.9 Å². The second-order valence-electron chi connectivity index (χ2n) is 8.11. The number of allylic oxidation sites excluding steroid dienone is 3. The zero-order valence-corrected chi connectivity index (χ0v) is 20.0. The fraction of sp³-hybridized carbons (Fsp3) is 0.480. The Morgan fingerprint density at radius 3 is 2.35 bits per heavy atom. The molecule has 186 valence electrons. The number of cyclic esters (lactones) is 1. The van der Waals surface area contributed by atoms with Gasteiger partial charge >= 0.3 is 5.97 Å². The molecule has 3 rings (SSSR count). The number of phenols is 2. The predicted molar refractivity (Wildman–Crippen MR) is 131 cm³/mol. The summed E-state index contributed by atoms with van der Waals surface area (Å²) in [6.07, 6.45) is 14.3. The molecular weight excluding hydrogens is 460 g/mol. The number of hydrogen-bond donors (Lipinski definition) is 4. The SMILES string of the molecule is N=C1/C=C/CC/C=C/CCOC(=O)c2c(O)cc(O)c(Cl)c2C1.O=C(CO)N1CCCCCC1. The van der Waals surface area contributed by atoms with E-state index in [9.17, 15) is 19.8 Å². The van der Waals surface area contributed by atoms with Gasteiger partial charge in [0.1, 0.15) is 23.7 Å². The Morgan fingerprint density at radius 2 is 1.68 bits per heavy atom. The first-order valence-corrected chi connectivity index (χ1v) is 11.9. The van der Waals surface area contributed by atoms with Crippen LogP contribution in [0, 0.1) is 5.41 Å². The summed E-state index contributed by atoms with van der Waals surface area (Å²) in [5.41, 5.74) is 0.301. The van der Waals surface area contributed by atoms with Crippen molar-refractivity contribution in [3.8, 4) is 11.5 Å². The third kappa shape index (κ3) is 8.50. The van der Waals surface area contributed by atoms with Gasteiger partial charge in [-0.25, -0.2) is 4.79 Å². The molecule has 4 N–H and O–H groups in total. The van der Waals surface area contributed by atoms with Gasteiger partial charge in [0.05, 0.1) is 11.6 Å². The molecule has 1 aromatic carbocycles. The number of aliphatic hydroxyl groups excluding tert-OH is 1. The Hall–Kier alpha value is -2.84. The van der Waals surface area contributed by atoms with E-state index < -0.39 is 11.7 Å². The number of phenolic OH excluding ortho intramolecular Hbond substituents is 2. The van der Waals surface area contributed by atoms with Crippen LogP contribution >= 0.6 is 11.6 Å². The minimum absolute atomic E-state index is 0.0115. The first kappa shape index (κ1) is 27.4. The predicted octanol–water partition coefficient (Wildman–Crippen LogP) is 4.15. The average molecular weight is 493 g/mol. The van der Waals surface area contributed by atoms with Crippen molar-refractivity contribution in [2.24, 2.45) is 0 Å². The molecule has 2 aliphatic rings. The van der Waals surface area contributed by atoms with Crippen molar-refractivity contribution >= 4 is 29.2 Å². The highest BCUT2D eigenvalue weighted by Crippen LogP contribution is 2.37. The van der Waals surface area contributed by atoms with Crippen molar-refractivity contribution in [2.45, 2.75) is 51.4 Å². The number of amides is 1. The lowest BCUT2D eigenvalue weighted by atomic mass is 9.99. The number of aliphatic hydroxyl groups is 1. The fourth-order valence-electron chi connectivity index (χ4n) is 3.69. The summed E-state index contributed by atoms with van der Waals surface area (Å²) in [4.78, 5) is 25.0. The van der Waals surface area contributed by atoms with Crippen LogP contribution in [0.5, 0.6) is 11.5 Å². The molecule has 2 heterocycles. The maximum absolute atomic E-state index is 12.2. The van der Waals surface area contributed by atoms with E-state index in [1.807, 2.05) is 18.2 Å². The summed E-state index contributed by atoms with van der Waals surface area (Å²) in [6.45, 7) is 1.51. The zero-order chi connectivity index (χ0) is 24.9. The Morgan fingerprint density at radius 1 is 1.03 bits per heavy atom. The normalized spacial score (nSPS) is 19.4. The quantitative estimate of drug-likeness (QED) is 0.344. The van der Waals surface area contributed by atoms with Crippen molar-refractivity contribution < 1.29 is 29.6 Å². The van der Waals surface area contributed by atoms with E-state index in [2.05, 4.69) is 0 Å². The minimum Gasteiger partial charge on any atom is -0.507 e. The minimum atomic E-state index is -0.721. The Bertz CT molecular complexity index is 920. The first-order chi connectivity index (χ1) is 16.3. The Labute approximate surface area is 205 Å². The second-order valence-corrected chi connectivity index (χ2v) is 8.49.